The van der Waals surface area contributed by atoms with Crippen molar-refractivity contribution < 1.29 is 9.18 Å². The molecule has 5 heteroatoms. The fourth-order valence-electron chi connectivity index (χ4n) is 6.84. The second-order valence-electron chi connectivity index (χ2n) is 11.0. The maximum absolute atomic E-state index is 13.4. The molecule has 1 unspecified atom stereocenters. The zero-order valence-corrected chi connectivity index (χ0v) is 21.3. The predicted octanol–water partition coefficient (Wildman–Crippen LogP) is 6.92. The lowest BCUT2D eigenvalue weighted by molar-refractivity contribution is -0.123. The number of carbonyl (C=O) groups is 1. The number of fused-ring (bicyclic) bond motifs is 1. The summed E-state index contributed by atoms with van der Waals surface area (Å²) in [6.45, 7) is 4.54. The van der Waals surface area contributed by atoms with E-state index in [4.69, 9.17) is 0 Å². The normalized spacial score (nSPS) is 24.9. The van der Waals surface area contributed by atoms with Crippen molar-refractivity contribution in [1.82, 2.24) is 10.7 Å². The topological polar surface area (TPSA) is 44.4 Å². The first-order valence-electron chi connectivity index (χ1n) is 13.8. The van der Waals surface area contributed by atoms with E-state index in [2.05, 4.69) is 41.9 Å². The summed E-state index contributed by atoms with van der Waals surface area (Å²) in [6.07, 6.45) is 16.9. The van der Waals surface area contributed by atoms with Gasteiger partial charge in [0.25, 0.3) is 0 Å². The molecule has 188 valence electrons. The number of hydrogen-bond acceptors (Lipinski definition) is 3. The Balaban J connectivity index is 1.28. The summed E-state index contributed by atoms with van der Waals surface area (Å²) in [5.41, 5.74) is 9.82. The lowest BCUT2D eigenvalue weighted by atomic mass is 9.78. The Kier molecular flexibility index (Phi) is 7.31. The molecule has 3 atom stereocenters. The highest BCUT2D eigenvalue weighted by molar-refractivity contribution is 5.76. The van der Waals surface area contributed by atoms with Crippen LogP contribution in [0.15, 0.2) is 59.0 Å². The Labute approximate surface area is 209 Å². The van der Waals surface area contributed by atoms with E-state index in [1.54, 1.807) is 5.57 Å². The van der Waals surface area contributed by atoms with Gasteiger partial charge in [-0.05, 0) is 86.3 Å². The molecule has 2 N–H and O–H groups in total. The lowest BCUT2D eigenvalue weighted by Crippen LogP contribution is -2.37. The van der Waals surface area contributed by atoms with Gasteiger partial charge in [0, 0.05) is 30.2 Å². The second-order valence-corrected chi connectivity index (χ2v) is 11.0. The molecule has 1 aliphatic heterocycles. The van der Waals surface area contributed by atoms with E-state index in [9.17, 15) is 9.18 Å². The smallest absolute Gasteiger partial charge is 0.220 e. The van der Waals surface area contributed by atoms with Gasteiger partial charge in [-0.25, -0.2) is 4.39 Å². The van der Waals surface area contributed by atoms with E-state index >= 15 is 0 Å². The number of amides is 1. The van der Waals surface area contributed by atoms with Crippen LogP contribution < -0.4 is 15.8 Å². The monoisotopic (exact) mass is 477 g/mol. The van der Waals surface area contributed by atoms with Crippen LogP contribution >= 0.6 is 0 Å². The lowest BCUT2D eigenvalue weighted by Gasteiger charge is -2.31. The minimum Gasteiger partial charge on any atom is -0.353 e. The van der Waals surface area contributed by atoms with Crippen LogP contribution in [0.5, 0.6) is 0 Å². The highest BCUT2D eigenvalue weighted by Crippen LogP contribution is 2.49. The molecule has 3 aliphatic carbocycles. The Bertz CT molecular complexity index is 1020. The number of anilines is 1. The molecule has 1 aromatic carbocycles. The number of benzene rings is 1. The zero-order valence-electron chi connectivity index (χ0n) is 21.3. The van der Waals surface area contributed by atoms with Crippen LogP contribution in [0.2, 0.25) is 0 Å². The summed E-state index contributed by atoms with van der Waals surface area (Å²) < 4.78 is 13.4. The van der Waals surface area contributed by atoms with Gasteiger partial charge in [-0.3, -0.25) is 9.80 Å². The number of carbonyl (C=O) groups excluding carboxylic acids is 1. The van der Waals surface area contributed by atoms with Crippen LogP contribution in [-0.2, 0) is 4.79 Å². The van der Waals surface area contributed by atoms with Gasteiger partial charge < -0.3 is 10.7 Å². The number of hydrogen-bond donors (Lipinski definition) is 2. The van der Waals surface area contributed by atoms with Crippen molar-refractivity contribution in [1.29, 1.82) is 0 Å². The average molecular weight is 478 g/mol. The van der Waals surface area contributed by atoms with Crippen LogP contribution in [0, 0.1) is 23.6 Å². The summed E-state index contributed by atoms with van der Waals surface area (Å²) in [6, 6.07) is 6.91. The van der Waals surface area contributed by atoms with Gasteiger partial charge in [-0.15, -0.1) is 0 Å². The van der Waals surface area contributed by atoms with Crippen LogP contribution in [0.3, 0.4) is 0 Å². The van der Waals surface area contributed by atoms with Gasteiger partial charge in [0.1, 0.15) is 5.82 Å². The van der Waals surface area contributed by atoms with Gasteiger partial charge >= 0.3 is 0 Å². The SMILES string of the molecule is CCCC(C[C@H]1CCC2=C1[C@@H](C)C1=CNN(c3ccc(F)cc3)C1=C2)NC(=O)CC1CCCCC1. The highest BCUT2D eigenvalue weighted by atomic mass is 19.1. The third-order valence-electron chi connectivity index (χ3n) is 8.56. The fourth-order valence-corrected chi connectivity index (χ4v) is 6.84. The molecular formula is C30H40FN3O. The Morgan fingerprint density at radius 1 is 1.17 bits per heavy atom. The van der Waals surface area contributed by atoms with E-state index in [1.807, 2.05) is 12.1 Å². The number of halogens is 1. The van der Waals surface area contributed by atoms with Crippen molar-refractivity contribution in [3.05, 3.63) is 64.8 Å². The van der Waals surface area contributed by atoms with Crippen LogP contribution in [-0.4, -0.2) is 11.9 Å². The van der Waals surface area contributed by atoms with Crippen molar-refractivity contribution in [2.75, 3.05) is 5.01 Å². The van der Waals surface area contributed by atoms with Gasteiger partial charge in [0.05, 0.1) is 11.4 Å². The molecule has 1 heterocycles. The summed E-state index contributed by atoms with van der Waals surface area (Å²) in [5, 5.41) is 5.50. The molecular weight excluding hydrogens is 437 g/mol. The largest absolute Gasteiger partial charge is 0.353 e. The molecule has 1 saturated carbocycles. The van der Waals surface area contributed by atoms with Crippen molar-refractivity contribution >= 4 is 11.6 Å². The van der Waals surface area contributed by atoms with E-state index in [0.29, 0.717) is 24.2 Å². The van der Waals surface area contributed by atoms with E-state index < -0.39 is 0 Å². The van der Waals surface area contributed by atoms with Gasteiger partial charge in [-0.2, -0.15) is 0 Å². The Morgan fingerprint density at radius 2 is 1.94 bits per heavy atom. The molecule has 35 heavy (non-hydrogen) atoms. The number of nitrogens with zero attached hydrogens (tertiary/aromatic N) is 1. The Hall–Kier alpha value is -2.56. The molecule has 1 aromatic rings. The number of hydrazine groups is 1. The number of nitrogens with one attached hydrogen (secondary N) is 2. The van der Waals surface area contributed by atoms with Gasteiger partial charge in [-0.1, -0.05) is 45.1 Å². The first kappa shape index (κ1) is 24.1. The molecule has 0 aromatic heterocycles. The number of allylic oxidation sites excluding steroid dienone is 4. The molecule has 0 bridgehead atoms. The molecule has 1 fully saturated rings. The van der Waals surface area contributed by atoms with Crippen LogP contribution in [0.25, 0.3) is 0 Å². The standard InChI is InChI=1S/C30H40FN3O/c1-3-7-25(33-29(35)16-21-8-5-4-6-9-21)17-22-10-11-23-18-28-27(20(2)30(22)23)19-32-34(28)26-14-12-24(31)13-15-26/h12-15,18-22,25,32H,3-11,16-17H2,1-2H3,(H,33,35)/t20-,22+,25?/m0/s1. The number of rotatable bonds is 8. The molecule has 5 rings (SSSR count). The summed E-state index contributed by atoms with van der Waals surface area (Å²) in [7, 11) is 0. The van der Waals surface area contributed by atoms with Crippen molar-refractivity contribution in [2.24, 2.45) is 17.8 Å². The maximum atomic E-state index is 13.4. The molecule has 4 aliphatic rings. The van der Waals surface area contributed by atoms with E-state index in [-0.39, 0.29) is 17.8 Å². The molecule has 4 nitrogen and oxygen atoms in total. The minimum atomic E-state index is -0.219. The van der Waals surface area contributed by atoms with Gasteiger partial charge in [0.2, 0.25) is 5.91 Å². The minimum absolute atomic E-state index is 0.219. The molecule has 0 saturated heterocycles. The second kappa shape index (κ2) is 10.6. The van der Waals surface area contributed by atoms with Gasteiger partial charge in [0.15, 0.2) is 0 Å². The fraction of sp³-hybridized carbons (Fsp3) is 0.567. The van der Waals surface area contributed by atoms with E-state index in [1.165, 1.54) is 61.1 Å². The third-order valence-corrected chi connectivity index (χ3v) is 8.56. The quantitative estimate of drug-likeness (QED) is 0.427. The average Bonchev–Trinajstić information content (AvgIpc) is 3.45. The van der Waals surface area contributed by atoms with E-state index in [0.717, 1.165) is 37.8 Å². The van der Waals surface area contributed by atoms with Crippen LogP contribution in [0.1, 0.15) is 84.5 Å². The molecule has 1 amide bonds. The third kappa shape index (κ3) is 5.19. The molecule has 0 radical (unpaired) electrons. The zero-order chi connectivity index (χ0) is 24.4. The highest BCUT2D eigenvalue weighted by Gasteiger charge is 2.38. The summed E-state index contributed by atoms with van der Waals surface area (Å²) in [4.78, 5) is 12.9. The predicted molar refractivity (Wildman–Crippen MR) is 140 cm³/mol. The summed E-state index contributed by atoms with van der Waals surface area (Å²) in [5.74, 6) is 1.49. The maximum Gasteiger partial charge on any atom is 0.220 e. The van der Waals surface area contributed by atoms with Crippen molar-refractivity contribution in [2.45, 2.75) is 90.5 Å². The Morgan fingerprint density at radius 3 is 2.69 bits per heavy atom. The first-order chi connectivity index (χ1) is 17.0. The van der Waals surface area contributed by atoms with Crippen molar-refractivity contribution in [3.63, 3.8) is 0 Å². The summed E-state index contributed by atoms with van der Waals surface area (Å²) >= 11 is 0. The van der Waals surface area contributed by atoms with Crippen molar-refractivity contribution in [3.8, 4) is 0 Å². The first-order valence-corrected chi connectivity index (χ1v) is 13.8. The van der Waals surface area contributed by atoms with Crippen LogP contribution in [0.4, 0.5) is 10.1 Å². The molecule has 0 spiro atoms.